The zero-order valence-electron chi connectivity index (χ0n) is 15.5. The largest absolute Gasteiger partial charge is 0.370 e. The lowest BCUT2D eigenvalue weighted by Gasteiger charge is -2.36. The van der Waals surface area contributed by atoms with Crippen LogP contribution in [0.4, 0.5) is 10.1 Å². The molecular weight excluding hydrogens is 357 g/mol. The molecule has 0 atom stereocenters. The highest BCUT2D eigenvalue weighted by atomic mass is 19.1. The van der Waals surface area contributed by atoms with Crippen LogP contribution in [-0.2, 0) is 6.54 Å². The van der Waals surface area contributed by atoms with Gasteiger partial charge in [-0.25, -0.2) is 9.38 Å². The van der Waals surface area contributed by atoms with Crippen molar-refractivity contribution in [2.24, 2.45) is 10.7 Å². The quantitative estimate of drug-likeness (QED) is 0.557. The highest BCUT2D eigenvalue weighted by Gasteiger charge is 2.18. The lowest BCUT2D eigenvalue weighted by molar-refractivity contribution is 0.380. The number of rotatable bonds is 4. The molecule has 2 N–H and O–H groups in total. The lowest BCUT2D eigenvalue weighted by atomic mass is 10.2. The second kappa shape index (κ2) is 8.12. The monoisotopic (exact) mass is 379 g/mol. The molecule has 0 radical (unpaired) electrons. The van der Waals surface area contributed by atoms with Gasteiger partial charge in [0.1, 0.15) is 11.5 Å². The first-order valence-corrected chi connectivity index (χ1v) is 9.25. The average molecular weight is 379 g/mol. The lowest BCUT2D eigenvalue weighted by Crippen LogP contribution is -2.51. The van der Waals surface area contributed by atoms with E-state index in [0.29, 0.717) is 12.5 Å². The van der Waals surface area contributed by atoms with E-state index in [1.54, 1.807) is 12.1 Å². The smallest absolute Gasteiger partial charge is 0.191 e. The van der Waals surface area contributed by atoms with Crippen molar-refractivity contribution in [2.45, 2.75) is 6.54 Å². The van der Waals surface area contributed by atoms with Gasteiger partial charge in [-0.2, -0.15) is 0 Å². The molecule has 6 nitrogen and oxygen atoms in total. The Balaban J connectivity index is 1.33. The second-order valence-electron chi connectivity index (χ2n) is 6.67. The van der Waals surface area contributed by atoms with Gasteiger partial charge >= 0.3 is 0 Å². The summed E-state index contributed by atoms with van der Waals surface area (Å²) in [6.07, 6.45) is 0. The van der Waals surface area contributed by atoms with Crippen LogP contribution in [-0.4, -0.2) is 42.2 Å². The number of anilines is 1. The normalized spacial score (nSPS) is 15.1. The van der Waals surface area contributed by atoms with E-state index in [-0.39, 0.29) is 5.82 Å². The predicted octanol–water partition coefficient (Wildman–Crippen LogP) is 3.12. The van der Waals surface area contributed by atoms with Gasteiger partial charge in [-0.3, -0.25) is 0 Å². The minimum Gasteiger partial charge on any atom is -0.370 e. The summed E-state index contributed by atoms with van der Waals surface area (Å²) < 4.78 is 18.5. The standard InChI is InChI=1S/C21H22FN5O/c22-17-6-8-19(9-7-17)26-10-12-27(13-11-26)21(23)24-15-18-14-20(28-25-18)16-4-2-1-3-5-16/h1-9,14H,10-13,15H2,(H2,23,24). The van der Waals surface area contributed by atoms with Crippen LogP contribution < -0.4 is 10.6 Å². The van der Waals surface area contributed by atoms with Crippen molar-refractivity contribution in [3.63, 3.8) is 0 Å². The number of aliphatic imine (C=N–C) groups is 1. The van der Waals surface area contributed by atoms with E-state index < -0.39 is 0 Å². The number of hydrogen-bond acceptors (Lipinski definition) is 4. The summed E-state index contributed by atoms with van der Waals surface area (Å²) in [5, 5.41) is 4.07. The zero-order valence-corrected chi connectivity index (χ0v) is 15.5. The summed E-state index contributed by atoms with van der Waals surface area (Å²) in [6, 6.07) is 18.3. The Bertz CT molecular complexity index is 931. The number of benzene rings is 2. The van der Waals surface area contributed by atoms with Gasteiger partial charge in [0.15, 0.2) is 11.7 Å². The van der Waals surface area contributed by atoms with E-state index >= 15 is 0 Å². The summed E-state index contributed by atoms with van der Waals surface area (Å²) in [7, 11) is 0. The molecule has 1 aliphatic heterocycles. The molecule has 4 rings (SSSR count). The molecule has 0 saturated carbocycles. The number of hydrogen-bond donors (Lipinski definition) is 1. The molecule has 1 aromatic heterocycles. The molecule has 3 aromatic rings. The van der Waals surface area contributed by atoms with Crippen LogP contribution >= 0.6 is 0 Å². The SMILES string of the molecule is NC(=NCc1cc(-c2ccccc2)on1)N1CCN(c2ccc(F)cc2)CC1. The van der Waals surface area contributed by atoms with Crippen LogP contribution in [0.3, 0.4) is 0 Å². The molecule has 28 heavy (non-hydrogen) atoms. The van der Waals surface area contributed by atoms with Crippen LogP contribution in [0, 0.1) is 5.82 Å². The van der Waals surface area contributed by atoms with Crippen LogP contribution in [0.1, 0.15) is 5.69 Å². The summed E-state index contributed by atoms with van der Waals surface area (Å²) >= 11 is 0. The van der Waals surface area contributed by atoms with E-state index in [2.05, 4.69) is 19.9 Å². The molecule has 2 heterocycles. The number of nitrogens with two attached hydrogens (primary N) is 1. The van der Waals surface area contributed by atoms with E-state index in [1.807, 2.05) is 36.4 Å². The van der Waals surface area contributed by atoms with Crippen molar-refractivity contribution in [3.05, 3.63) is 72.2 Å². The van der Waals surface area contributed by atoms with Crippen LogP contribution in [0.15, 0.2) is 70.2 Å². The number of nitrogens with zero attached hydrogens (tertiary/aromatic N) is 4. The van der Waals surface area contributed by atoms with E-state index in [0.717, 1.165) is 48.9 Å². The first-order chi connectivity index (χ1) is 13.7. The fourth-order valence-electron chi connectivity index (χ4n) is 3.23. The first kappa shape index (κ1) is 18.0. The maximum absolute atomic E-state index is 13.1. The fraction of sp³-hybridized carbons (Fsp3) is 0.238. The van der Waals surface area contributed by atoms with Gasteiger partial charge in [0.05, 0.1) is 6.54 Å². The zero-order chi connectivity index (χ0) is 19.3. The van der Waals surface area contributed by atoms with E-state index in [9.17, 15) is 4.39 Å². The summed E-state index contributed by atoms with van der Waals surface area (Å²) in [5.41, 5.74) is 8.91. The molecule has 0 unspecified atom stereocenters. The van der Waals surface area contributed by atoms with E-state index in [4.69, 9.17) is 10.3 Å². The molecule has 0 aliphatic carbocycles. The van der Waals surface area contributed by atoms with Crippen molar-refractivity contribution < 1.29 is 8.91 Å². The summed E-state index contributed by atoms with van der Waals surface area (Å²) in [5.74, 6) is 1.00. The number of aromatic nitrogens is 1. The molecule has 1 saturated heterocycles. The fourth-order valence-corrected chi connectivity index (χ4v) is 3.23. The molecular formula is C21H22FN5O. The Labute approximate surface area is 163 Å². The van der Waals surface area contributed by atoms with Gasteiger partial charge in [-0.1, -0.05) is 35.5 Å². The summed E-state index contributed by atoms with van der Waals surface area (Å²) in [6.45, 7) is 3.52. The number of halogens is 1. The Hall–Kier alpha value is -3.35. The minimum atomic E-state index is -0.220. The Kier molecular flexibility index (Phi) is 5.23. The van der Waals surface area contributed by atoms with Gasteiger partial charge in [0.25, 0.3) is 0 Å². The molecule has 2 aromatic carbocycles. The third kappa shape index (κ3) is 4.14. The van der Waals surface area contributed by atoms with Gasteiger partial charge in [0, 0.05) is 43.5 Å². The highest BCUT2D eigenvalue weighted by Crippen LogP contribution is 2.20. The average Bonchev–Trinajstić information content (AvgIpc) is 3.22. The second-order valence-corrected chi connectivity index (χ2v) is 6.67. The van der Waals surface area contributed by atoms with Crippen molar-refractivity contribution in [2.75, 3.05) is 31.1 Å². The van der Waals surface area contributed by atoms with Crippen molar-refractivity contribution >= 4 is 11.6 Å². The molecule has 144 valence electrons. The van der Waals surface area contributed by atoms with Gasteiger partial charge < -0.3 is 20.1 Å². The Morgan fingerprint density at radius 3 is 2.46 bits per heavy atom. The minimum absolute atomic E-state index is 0.220. The van der Waals surface area contributed by atoms with Crippen molar-refractivity contribution in [1.82, 2.24) is 10.1 Å². The molecule has 1 fully saturated rings. The van der Waals surface area contributed by atoms with Crippen LogP contribution in [0.2, 0.25) is 0 Å². The molecule has 0 amide bonds. The van der Waals surface area contributed by atoms with Crippen molar-refractivity contribution in [1.29, 1.82) is 0 Å². The first-order valence-electron chi connectivity index (χ1n) is 9.25. The highest BCUT2D eigenvalue weighted by molar-refractivity contribution is 5.78. The molecule has 0 spiro atoms. The van der Waals surface area contributed by atoms with Crippen LogP contribution in [0.25, 0.3) is 11.3 Å². The number of guanidine groups is 1. The third-order valence-electron chi connectivity index (χ3n) is 4.82. The number of piperazine rings is 1. The van der Waals surface area contributed by atoms with Gasteiger partial charge in [-0.05, 0) is 24.3 Å². The molecule has 0 bridgehead atoms. The Morgan fingerprint density at radius 2 is 1.75 bits per heavy atom. The van der Waals surface area contributed by atoms with Crippen LogP contribution in [0.5, 0.6) is 0 Å². The third-order valence-corrected chi connectivity index (χ3v) is 4.82. The maximum Gasteiger partial charge on any atom is 0.191 e. The Morgan fingerprint density at radius 1 is 1.04 bits per heavy atom. The van der Waals surface area contributed by atoms with Gasteiger partial charge in [0.2, 0.25) is 0 Å². The molecule has 1 aliphatic rings. The molecule has 7 heteroatoms. The summed E-state index contributed by atoms with van der Waals surface area (Å²) in [4.78, 5) is 8.73. The van der Waals surface area contributed by atoms with E-state index in [1.165, 1.54) is 12.1 Å². The van der Waals surface area contributed by atoms with Gasteiger partial charge in [-0.15, -0.1) is 0 Å². The maximum atomic E-state index is 13.1. The predicted molar refractivity (Wildman–Crippen MR) is 107 cm³/mol. The van der Waals surface area contributed by atoms with Crippen molar-refractivity contribution in [3.8, 4) is 11.3 Å². The topological polar surface area (TPSA) is 70.9 Å².